The Morgan fingerprint density at radius 2 is 1.74 bits per heavy atom. The second-order valence-electron chi connectivity index (χ2n) is 6.24. The predicted octanol–water partition coefficient (Wildman–Crippen LogP) is 1.98. The van der Waals surface area contributed by atoms with E-state index in [1.807, 2.05) is 12.1 Å². The molecule has 144 valence electrons. The number of aliphatic hydroxyl groups excluding tert-OH is 1. The summed E-state index contributed by atoms with van der Waals surface area (Å²) in [5.74, 6) is -0.553. The molecule has 1 fully saturated rings. The molecule has 0 saturated carbocycles. The molecule has 1 aromatic carbocycles. The van der Waals surface area contributed by atoms with Crippen LogP contribution in [0.25, 0.3) is 0 Å². The number of aliphatic hydroxyl groups is 1. The number of carbonyl (C=O) groups is 2. The third kappa shape index (κ3) is 4.44. The Balaban J connectivity index is 1.62. The van der Waals surface area contributed by atoms with Gasteiger partial charge in [-0.1, -0.05) is 0 Å². The average Bonchev–Trinajstić information content (AvgIpc) is 3.22. The van der Waals surface area contributed by atoms with Gasteiger partial charge in [0.2, 0.25) is 21.8 Å². The molecule has 0 radical (unpaired) electrons. The van der Waals surface area contributed by atoms with Gasteiger partial charge in [0.1, 0.15) is 0 Å². The van der Waals surface area contributed by atoms with E-state index in [9.17, 15) is 23.1 Å². The number of hydrogen-bond acceptors (Lipinski definition) is 6. The van der Waals surface area contributed by atoms with Crippen molar-refractivity contribution in [3.63, 3.8) is 0 Å². The highest BCUT2D eigenvalue weighted by molar-refractivity contribution is 7.89. The normalized spacial score (nSPS) is 16.1. The van der Waals surface area contributed by atoms with E-state index in [4.69, 9.17) is 0 Å². The zero-order valence-corrected chi connectivity index (χ0v) is 16.3. The number of hydrogen-bond donors (Lipinski definition) is 2. The Hall–Kier alpha value is -2.07. The van der Waals surface area contributed by atoms with Crippen LogP contribution in [0.2, 0.25) is 0 Å². The minimum absolute atomic E-state index is 0.0705. The second kappa shape index (κ2) is 7.89. The van der Waals surface area contributed by atoms with Crippen LogP contribution in [-0.2, 0) is 26.0 Å². The van der Waals surface area contributed by atoms with E-state index in [1.165, 1.54) is 35.6 Å². The van der Waals surface area contributed by atoms with Gasteiger partial charge in [-0.2, -0.15) is 0 Å². The number of rotatable bonds is 7. The number of amides is 2. The van der Waals surface area contributed by atoms with Gasteiger partial charge in [0.05, 0.1) is 16.7 Å². The third-order valence-electron chi connectivity index (χ3n) is 4.21. The molecule has 2 N–H and O–H groups in total. The summed E-state index contributed by atoms with van der Waals surface area (Å²) in [4.78, 5) is 26.5. The molecule has 1 aliphatic rings. The summed E-state index contributed by atoms with van der Waals surface area (Å²) in [5.41, 5.74) is 0.380. The molecule has 0 spiro atoms. The summed E-state index contributed by atoms with van der Waals surface area (Å²) in [6, 6.07) is 9.40. The largest absolute Gasteiger partial charge is 0.388 e. The number of imide groups is 1. The number of nitrogens with zero attached hydrogens (tertiary/aromatic N) is 1. The van der Waals surface area contributed by atoms with Crippen LogP contribution in [0.15, 0.2) is 41.3 Å². The molecule has 7 nitrogen and oxygen atoms in total. The van der Waals surface area contributed by atoms with Crippen LogP contribution in [0.5, 0.6) is 0 Å². The van der Waals surface area contributed by atoms with E-state index in [0.717, 1.165) is 14.7 Å². The standard InChI is InChI=1S/C18H20N2O5S2/c1-12(21)16-7-4-14(26-16)10-11-19-27(24,25)15-5-2-13(3-6-15)20-17(22)8-9-18(20)23/h2-7,12,19,21H,8-11H2,1H3. The third-order valence-corrected chi connectivity index (χ3v) is 7.01. The number of thiophene rings is 1. The van der Waals surface area contributed by atoms with E-state index in [0.29, 0.717) is 12.1 Å². The maximum atomic E-state index is 12.4. The molecule has 2 heterocycles. The maximum Gasteiger partial charge on any atom is 0.240 e. The summed E-state index contributed by atoms with van der Waals surface area (Å²) >= 11 is 1.45. The van der Waals surface area contributed by atoms with Crippen molar-refractivity contribution in [3.05, 3.63) is 46.2 Å². The fourth-order valence-electron chi connectivity index (χ4n) is 2.78. The summed E-state index contributed by atoms with van der Waals surface area (Å²) in [6.45, 7) is 1.91. The van der Waals surface area contributed by atoms with E-state index in [2.05, 4.69) is 4.72 Å². The molecule has 1 aromatic heterocycles. The monoisotopic (exact) mass is 408 g/mol. The lowest BCUT2D eigenvalue weighted by Gasteiger charge is -2.14. The number of nitrogens with one attached hydrogen (secondary N) is 1. The molecule has 1 unspecified atom stereocenters. The lowest BCUT2D eigenvalue weighted by Crippen LogP contribution is -2.29. The molecule has 2 aromatic rings. The smallest absolute Gasteiger partial charge is 0.240 e. The zero-order valence-electron chi connectivity index (χ0n) is 14.7. The molecule has 1 saturated heterocycles. The van der Waals surface area contributed by atoms with Crippen molar-refractivity contribution >= 4 is 38.9 Å². The first-order valence-electron chi connectivity index (χ1n) is 8.50. The Morgan fingerprint density at radius 1 is 1.11 bits per heavy atom. The van der Waals surface area contributed by atoms with Crippen LogP contribution < -0.4 is 9.62 Å². The summed E-state index contributed by atoms with van der Waals surface area (Å²) < 4.78 is 27.3. The minimum Gasteiger partial charge on any atom is -0.388 e. The number of carbonyl (C=O) groups excluding carboxylic acids is 2. The van der Waals surface area contributed by atoms with Gasteiger partial charge in [0.25, 0.3) is 0 Å². The molecular formula is C18H20N2O5S2. The molecule has 0 aliphatic carbocycles. The Morgan fingerprint density at radius 3 is 2.30 bits per heavy atom. The summed E-state index contributed by atoms with van der Waals surface area (Å²) in [7, 11) is -3.69. The van der Waals surface area contributed by atoms with Crippen LogP contribution in [0, 0.1) is 0 Å². The van der Waals surface area contributed by atoms with Crippen molar-refractivity contribution in [2.24, 2.45) is 0 Å². The van der Waals surface area contributed by atoms with Gasteiger partial charge in [0, 0.05) is 29.1 Å². The minimum atomic E-state index is -3.69. The first-order chi connectivity index (χ1) is 12.8. The van der Waals surface area contributed by atoms with Crippen molar-refractivity contribution in [2.75, 3.05) is 11.4 Å². The second-order valence-corrected chi connectivity index (χ2v) is 9.21. The van der Waals surface area contributed by atoms with Gasteiger partial charge in [-0.15, -0.1) is 11.3 Å². The van der Waals surface area contributed by atoms with Gasteiger partial charge in [-0.05, 0) is 49.7 Å². The van der Waals surface area contributed by atoms with Crippen LogP contribution >= 0.6 is 11.3 Å². The number of sulfonamides is 1. The zero-order chi connectivity index (χ0) is 19.6. The van der Waals surface area contributed by atoms with Crippen LogP contribution in [0.1, 0.15) is 35.6 Å². The number of benzene rings is 1. The van der Waals surface area contributed by atoms with Crippen molar-refractivity contribution in [1.82, 2.24) is 4.72 Å². The van der Waals surface area contributed by atoms with Crippen molar-refractivity contribution in [3.8, 4) is 0 Å². The van der Waals surface area contributed by atoms with E-state index in [1.54, 1.807) is 6.92 Å². The highest BCUT2D eigenvalue weighted by atomic mass is 32.2. The molecular weight excluding hydrogens is 388 g/mol. The predicted molar refractivity (Wildman–Crippen MR) is 102 cm³/mol. The van der Waals surface area contributed by atoms with Gasteiger partial charge in [0.15, 0.2) is 0 Å². The van der Waals surface area contributed by atoms with E-state index in [-0.39, 0.29) is 36.1 Å². The van der Waals surface area contributed by atoms with Gasteiger partial charge in [-0.25, -0.2) is 13.1 Å². The van der Waals surface area contributed by atoms with Crippen molar-refractivity contribution in [1.29, 1.82) is 0 Å². The molecule has 1 aliphatic heterocycles. The highest BCUT2D eigenvalue weighted by Crippen LogP contribution is 2.25. The van der Waals surface area contributed by atoms with Crippen LogP contribution in [0.3, 0.4) is 0 Å². The van der Waals surface area contributed by atoms with Crippen molar-refractivity contribution in [2.45, 2.75) is 37.2 Å². The molecule has 1 atom stereocenters. The lowest BCUT2D eigenvalue weighted by atomic mass is 10.3. The van der Waals surface area contributed by atoms with Crippen LogP contribution in [0.4, 0.5) is 5.69 Å². The molecule has 3 rings (SSSR count). The van der Waals surface area contributed by atoms with Gasteiger partial charge in [-0.3, -0.25) is 14.5 Å². The molecule has 27 heavy (non-hydrogen) atoms. The Bertz CT molecular complexity index is 932. The Kier molecular flexibility index (Phi) is 5.75. The fourth-order valence-corrected chi connectivity index (χ4v) is 4.77. The van der Waals surface area contributed by atoms with E-state index < -0.39 is 16.1 Å². The molecule has 9 heteroatoms. The quantitative estimate of drug-likeness (QED) is 0.682. The average molecular weight is 409 g/mol. The fraction of sp³-hybridized carbons (Fsp3) is 0.333. The first-order valence-corrected chi connectivity index (χ1v) is 10.8. The Labute approximate surface area is 161 Å². The van der Waals surface area contributed by atoms with Crippen molar-refractivity contribution < 1.29 is 23.1 Å². The molecule has 2 amide bonds. The first kappa shape index (κ1) is 19.7. The van der Waals surface area contributed by atoms with Gasteiger partial charge >= 0.3 is 0 Å². The topological polar surface area (TPSA) is 104 Å². The summed E-state index contributed by atoms with van der Waals surface area (Å²) in [5, 5.41) is 9.53. The highest BCUT2D eigenvalue weighted by Gasteiger charge is 2.30. The molecule has 0 bridgehead atoms. The summed E-state index contributed by atoms with van der Waals surface area (Å²) in [6.07, 6.45) is 0.346. The SMILES string of the molecule is CC(O)c1ccc(CCNS(=O)(=O)c2ccc(N3C(=O)CCC3=O)cc2)s1. The maximum absolute atomic E-state index is 12.4. The van der Waals surface area contributed by atoms with Gasteiger partial charge < -0.3 is 5.11 Å². The lowest BCUT2D eigenvalue weighted by molar-refractivity contribution is -0.121. The van der Waals surface area contributed by atoms with E-state index >= 15 is 0 Å². The number of anilines is 1. The van der Waals surface area contributed by atoms with Crippen LogP contribution in [-0.4, -0.2) is 31.9 Å².